The van der Waals surface area contributed by atoms with E-state index in [1.807, 2.05) is 18.2 Å². The van der Waals surface area contributed by atoms with Crippen LogP contribution in [0.4, 0.5) is 16.2 Å². The molecule has 5 rings (SSSR count). The molecule has 3 amide bonds. The Morgan fingerprint density at radius 3 is 2.70 bits per heavy atom. The molecule has 3 heterocycles. The zero-order chi connectivity index (χ0) is 21.2. The molecule has 2 aliphatic heterocycles. The van der Waals surface area contributed by atoms with Gasteiger partial charge in [-0.15, -0.1) is 0 Å². The number of para-hydroxylation sites is 2. The van der Waals surface area contributed by atoms with Gasteiger partial charge in [-0.3, -0.25) is 14.9 Å². The fourth-order valence-electron chi connectivity index (χ4n) is 4.57. The highest BCUT2D eigenvalue weighted by Gasteiger charge is 2.59. The molecule has 0 aliphatic carbocycles. The third-order valence-corrected chi connectivity index (χ3v) is 6.09. The minimum absolute atomic E-state index is 0.0209. The minimum Gasteiger partial charge on any atom is -0.497 e. The van der Waals surface area contributed by atoms with Gasteiger partial charge in [0.1, 0.15) is 11.4 Å². The van der Waals surface area contributed by atoms with E-state index in [1.165, 1.54) is 23.1 Å². The maximum Gasteiger partial charge on any atom is 0.332 e. The van der Waals surface area contributed by atoms with Crippen LogP contribution in [-0.2, 0) is 16.8 Å². The molecule has 1 aromatic heterocycles. The number of H-pyrrole nitrogens is 1. The molecule has 0 spiro atoms. The summed E-state index contributed by atoms with van der Waals surface area (Å²) in [4.78, 5) is 43.5. The number of nitrogens with zero attached hydrogens (tertiary/aromatic N) is 3. The molecule has 1 atom stereocenters. The number of imide groups is 1. The molecule has 30 heavy (non-hydrogen) atoms. The maximum absolute atomic E-state index is 13.6. The second-order valence-corrected chi connectivity index (χ2v) is 7.53. The summed E-state index contributed by atoms with van der Waals surface area (Å²) in [5.74, 6) is 0.188. The number of urea groups is 1. The number of aromatic amines is 1. The standard InChI is InChI=1S/C21H18N4O5/c1-21-18-13(14-11-12(30-2)7-8-15(14)22-18)9-10-23(21)20(27)24(19(21)26)16-5-3-4-6-17(16)25(28)29/h3-8,11,22H,9-10H2,1-2H3/t21-/m0/s1. The number of anilines is 1. The molecule has 1 N–H and O–H groups in total. The van der Waals surface area contributed by atoms with Crippen LogP contribution in [0.15, 0.2) is 42.5 Å². The van der Waals surface area contributed by atoms with Crippen molar-refractivity contribution >= 4 is 34.2 Å². The van der Waals surface area contributed by atoms with Crippen molar-refractivity contribution in [2.75, 3.05) is 18.6 Å². The van der Waals surface area contributed by atoms with Crippen LogP contribution >= 0.6 is 0 Å². The van der Waals surface area contributed by atoms with E-state index >= 15 is 0 Å². The maximum atomic E-state index is 13.6. The molecule has 2 aliphatic rings. The van der Waals surface area contributed by atoms with E-state index in [0.29, 0.717) is 24.4 Å². The molecule has 2 aromatic carbocycles. The number of rotatable bonds is 3. The molecule has 9 heteroatoms. The van der Waals surface area contributed by atoms with Crippen LogP contribution in [0.3, 0.4) is 0 Å². The highest BCUT2D eigenvalue weighted by Crippen LogP contribution is 2.46. The van der Waals surface area contributed by atoms with Gasteiger partial charge >= 0.3 is 6.03 Å². The molecule has 3 aromatic rings. The quantitative estimate of drug-likeness (QED) is 0.408. The first-order valence-corrected chi connectivity index (χ1v) is 9.46. The topological polar surface area (TPSA) is 109 Å². The Morgan fingerprint density at radius 1 is 1.20 bits per heavy atom. The average molecular weight is 406 g/mol. The van der Waals surface area contributed by atoms with Gasteiger partial charge in [0, 0.05) is 23.5 Å². The van der Waals surface area contributed by atoms with Gasteiger partial charge in [-0.25, -0.2) is 9.69 Å². The molecule has 0 saturated carbocycles. The number of methoxy groups -OCH3 is 1. The summed E-state index contributed by atoms with van der Waals surface area (Å²) in [6, 6.07) is 10.8. The first-order chi connectivity index (χ1) is 14.4. The number of nitro benzene ring substituents is 1. The lowest BCUT2D eigenvalue weighted by atomic mass is 9.87. The number of benzene rings is 2. The number of hydrogen-bond acceptors (Lipinski definition) is 5. The van der Waals surface area contributed by atoms with E-state index in [9.17, 15) is 19.7 Å². The first kappa shape index (κ1) is 18.2. The summed E-state index contributed by atoms with van der Waals surface area (Å²) in [6.45, 7) is 2.02. The van der Waals surface area contributed by atoms with Crippen molar-refractivity contribution in [1.29, 1.82) is 0 Å². The summed E-state index contributed by atoms with van der Waals surface area (Å²) in [5.41, 5.74) is 0.843. The fraction of sp³-hybridized carbons (Fsp3) is 0.238. The Balaban J connectivity index is 1.69. The predicted molar refractivity (Wildman–Crippen MR) is 109 cm³/mol. The number of aromatic nitrogens is 1. The Kier molecular flexibility index (Phi) is 3.67. The van der Waals surface area contributed by atoms with Gasteiger partial charge in [-0.2, -0.15) is 0 Å². The molecular weight excluding hydrogens is 388 g/mol. The van der Waals surface area contributed by atoms with Crippen LogP contribution in [0.5, 0.6) is 5.75 Å². The largest absolute Gasteiger partial charge is 0.497 e. The van der Waals surface area contributed by atoms with Crippen molar-refractivity contribution < 1.29 is 19.2 Å². The highest BCUT2D eigenvalue weighted by molar-refractivity contribution is 6.24. The van der Waals surface area contributed by atoms with E-state index in [2.05, 4.69) is 4.98 Å². The summed E-state index contributed by atoms with van der Waals surface area (Å²) in [7, 11) is 1.59. The SMILES string of the molecule is COc1ccc2[nH]c3c(c2c1)CCN1C(=O)N(c2ccccc2[N+](=O)[O-])C(=O)[C@]31C. The molecule has 152 valence electrons. The molecular formula is C21H18N4O5. The second kappa shape index (κ2) is 6.06. The van der Waals surface area contributed by atoms with Crippen LogP contribution in [0.1, 0.15) is 18.2 Å². The van der Waals surface area contributed by atoms with Crippen LogP contribution < -0.4 is 9.64 Å². The third kappa shape index (κ3) is 2.17. The summed E-state index contributed by atoms with van der Waals surface area (Å²) in [6.07, 6.45) is 0.557. The van der Waals surface area contributed by atoms with Gasteiger partial charge in [-0.1, -0.05) is 12.1 Å². The number of nitro groups is 1. The van der Waals surface area contributed by atoms with E-state index in [0.717, 1.165) is 21.4 Å². The van der Waals surface area contributed by atoms with Gasteiger partial charge in [0.2, 0.25) is 0 Å². The van der Waals surface area contributed by atoms with Crippen LogP contribution in [0, 0.1) is 10.1 Å². The number of amides is 3. The Morgan fingerprint density at radius 2 is 1.97 bits per heavy atom. The number of carbonyl (C=O) groups is 2. The molecule has 0 radical (unpaired) electrons. The van der Waals surface area contributed by atoms with Crippen LogP contribution in [0.25, 0.3) is 10.9 Å². The zero-order valence-corrected chi connectivity index (χ0v) is 16.3. The molecule has 0 bridgehead atoms. The normalized spacial score (nSPS) is 20.5. The second-order valence-electron chi connectivity index (χ2n) is 7.53. The minimum atomic E-state index is -1.28. The monoisotopic (exact) mass is 406 g/mol. The van der Waals surface area contributed by atoms with Crippen molar-refractivity contribution in [2.45, 2.75) is 18.9 Å². The predicted octanol–water partition coefficient (Wildman–Crippen LogP) is 3.32. The first-order valence-electron chi connectivity index (χ1n) is 9.46. The molecule has 9 nitrogen and oxygen atoms in total. The summed E-state index contributed by atoms with van der Waals surface area (Å²) < 4.78 is 5.33. The van der Waals surface area contributed by atoms with Crippen molar-refractivity contribution in [3.05, 3.63) is 63.8 Å². The molecule has 0 unspecified atom stereocenters. The summed E-state index contributed by atoms with van der Waals surface area (Å²) in [5, 5.41) is 12.4. The molecule has 1 fully saturated rings. The van der Waals surface area contributed by atoms with Gasteiger partial charge in [0.15, 0.2) is 5.54 Å². The smallest absolute Gasteiger partial charge is 0.332 e. The number of hydrogen-bond donors (Lipinski definition) is 1. The number of carbonyl (C=O) groups excluding carboxylic acids is 2. The van der Waals surface area contributed by atoms with Crippen LogP contribution in [-0.4, -0.2) is 40.4 Å². The van der Waals surface area contributed by atoms with Gasteiger partial charge < -0.3 is 14.6 Å². The zero-order valence-electron chi connectivity index (χ0n) is 16.3. The van der Waals surface area contributed by atoms with Crippen molar-refractivity contribution in [1.82, 2.24) is 9.88 Å². The van der Waals surface area contributed by atoms with E-state index in [-0.39, 0.29) is 11.4 Å². The Bertz CT molecular complexity index is 1250. The van der Waals surface area contributed by atoms with Crippen molar-refractivity contribution in [3.8, 4) is 5.75 Å². The van der Waals surface area contributed by atoms with Crippen molar-refractivity contribution in [3.63, 3.8) is 0 Å². The van der Waals surface area contributed by atoms with E-state index < -0.39 is 22.4 Å². The lowest BCUT2D eigenvalue weighted by Crippen LogP contribution is -2.49. The summed E-state index contributed by atoms with van der Waals surface area (Å²) >= 11 is 0. The van der Waals surface area contributed by atoms with Crippen molar-refractivity contribution in [2.24, 2.45) is 0 Å². The van der Waals surface area contributed by atoms with Gasteiger partial charge in [0.05, 0.1) is 17.7 Å². The highest BCUT2D eigenvalue weighted by atomic mass is 16.6. The third-order valence-electron chi connectivity index (χ3n) is 6.09. The molecule has 1 saturated heterocycles. The Hall–Kier alpha value is -3.88. The van der Waals surface area contributed by atoms with E-state index in [1.54, 1.807) is 20.1 Å². The lowest BCUT2D eigenvalue weighted by Gasteiger charge is -2.35. The van der Waals surface area contributed by atoms with E-state index in [4.69, 9.17) is 4.74 Å². The average Bonchev–Trinajstić information content (AvgIpc) is 3.21. The fourth-order valence-corrected chi connectivity index (χ4v) is 4.57. The van der Waals surface area contributed by atoms with Gasteiger partial charge in [0.25, 0.3) is 11.6 Å². The Labute approximate surface area is 171 Å². The number of nitrogens with one attached hydrogen (secondary N) is 1. The van der Waals surface area contributed by atoms with Crippen LogP contribution in [0.2, 0.25) is 0 Å². The lowest BCUT2D eigenvalue weighted by molar-refractivity contribution is -0.384. The van der Waals surface area contributed by atoms with Gasteiger partial charge in [-0.05, 0) is 43.2 Å². The number of ether oxygens (including phenoxy) is 1. The number of fused-ring (bicyclic) bond motifs is 5.